The fraction of sp³-hybridized carbons (Fsp3) is 0.200. The molecule has 0 unspecified atom stereocenters. The van der Waals surface area contributed by atoms with Crippen LogP contribution in [0.4, 0.5) is 14.5 Å². The number of ether oxygens (including phenoxy) is 1. The van der Waals surface area contributed by atoms with Crippen LogP contribution < -0.4 is 10.1 Å². The number of rotatable bonds is 5. The molecule has 0 fully saturated rings. The van der Waals surface area contributed by atoms with Crippen LogP contribution in [0.15, 0.2) is 42.5 Å². The van der Waals surface area contributed by atoms with Gasteiger partial charge in [-0.1, -0.05) is 12.1 Å². The molecule has 0 heterocycles. The van der Waals surface area contributed by atoms with E-state index in [2.05, 4.69) is 5.32 Å². The maximum Gasteiger partial charge on any atom is 0.165 e. The van der Waals surface area contributed by atoms with Crippen LogP contribution >= 0.6 is 0 Å². The molecule has 0 radical (unpaired) electrons. The average molecular weight is 263 g/mol. The van der Waals surface area contributed by atoms with Crippen LogP contribution in [0.1, 0.15) is 5.56 Å². The summed E-state index contributed by atoms with van der Waals surface area (Å²) in [6, 6.07) is 11.1. The minimum atomic E-state index is -0.558. The van der Waals surface area contributed by atoms with Crippen molar-refractivity contribution in [1.82, 2.24) is 0 Å². The smallest absolute Gasteiger partial charge is 0.165 e. The molecule has 0 bridgehead atoms. The summed E-state index contributed by atoms with van der Waals surface area (Å²) in [4.78, 5) is 0. The fourth-order valence-electron chi connectivity index (χ4n) is 1.70. The number of anilines is 1. The first-order valence-electron chi connectivity index (χ1n) is 6.03. The summed E-state index contributed by atoms with van der Waals surface area (Å²) < 4.78 is 31.4. The first-order valence-corrected chi connectivity index (χ1v) is 6.03. The molecule has 0 amide bonds. The molecule has 0 aliphatic rings. The SMILES string of the molecule is Cc1cccc(NCCOc2cc(F)ccc2F)c1. The third-order valence-electron chi connectivity index (χ3n) is 2.60. The van der Waals surface area contributed by atoms with E-state index in [1.807, 2.05) is 31.2 Å². The van der Waals surface area contributed by atoms with Gasteiger partial charge in [-0.25, -0.2) is 8.78 Å². The Morgan fingerprint density at radius 1 is 1.11 bits per heavy atom. The highest BCUT2D eigenvalue weighted by Crippen LogP contribution is 2.17. The van der Waals surface area contributed by atoms with Crippen LogP contribution in [-0.4, -0.2) is 13.2 Å². The predicted octanol–water partition coefficient (Wildman–Crippen LogP) is 3.76. The van der Waals surface area contributed by atoms with Gasteiger partial charge in [0.15, 0.2) is 11.6 Å². The van der Waals surface area contributed by atoms with Crippen molar-refractivity contribution < 1.29 is 13.5 Å². The van der Waals surface area contributed by atoms with Gasteiger partial charge in [-0.2, -0.15) is 0 Å². The van der Waals surface area contributed by atoms with E-state index < -0.39 is 11.6 Å². The fourth-order valence-corrected chi connectivity index (χ4v) is 1.70. The summed E-state index contributed by atoms with van der Waals surface area (Å²) in [6.45, 7) is 2.78. The van der Waals surface area contributed by atoms with E-state index in [9.17, 15) is 8.78 Å². The van der Waals surface area contributed by atoms with Gasteiger partial charge in [0.25, 0.3) is 0 Å². The largest absolute Gasteiger partial charge is 0.489 e. The number of benzene rings is 2. The van der Waals surface area contributed by atoms with Crippen molar-refractivity contribution in [2.24, 2.45) is 0 Å². The Morgan fingerprint density at radius 3 is 2.74 bits per heavy atom. The van der Waals surface area contributed by atoms with Crippen molar-refractivity contribution in [1.29, 1.82) is 0 Å². The van der Waals surface area contributed by atoms with Crippen LogP contribution in [0.2, 0.25) is 0 Å². The van der Waals surface area contributed by atoms with Gasteiger partial charge in [-0.05, 0) is 36.8 Å². The quantitative estimate of drug-likeness (QED) is 0.829. The molecule has 19 heavy (non-hydrogen) atoms. The van der Waals surface area contributed by atoms with Crippen molar-refractivity contribution >= 4 is 5.69 Å². The number of aryl methyl sites for hydroxylation is 1. The van der Waals surface area contributed by atoms with Crippen molar-refractivity contribution in [3.8, 4) is 5.75 Å². The monoisotopic (exact) mass is 263 g/mol. The molecular formula is C15H15F2NO. The molecule has 0 saturated carbocycles. The van der Waals surface area contributed by atoms with Crippen molar-refractivity contribution in [2.45, 2.75) is 6.92 Å². The number of nitrogens with one attached hydrogen (secondary N) is 1. The predicted molar refractivity (Wildman–Crippen MR) is 71.5 cm³/mol. The highest BCUT2D eigenvalue weighted by atomic mass is 19.1. The second-order valence-corrected chi connectivity index (χ2v) is 4.22. The Labute approximate surface area is 111 Å². The second-order valence-electron chi connectivity index (χ2n) is 4.22. The lowest BCUT2D eigenvalue weighted by atomic mass is 10.2. The summed E-state index contributed by atoms with van der Waals surface area (Å²) in [5.74, 6) is -1.13. The van der Waals surface area contributed by atoms with E-state index in [-0.39, 0.29) is 12.4 Å². The number of hydrogen-bond acceptors (Lipinski definition) is 2. The second kappa shape index (κ2) is 6.18. The van der Waals surface area contributed by atoms with Gasteiger partial charge in [0, 0.05) is 18.3 Å². The van der Waals surface area contributed by atoms with Crippen LogP contribution in [0.3, 0.4) is 0 Å². The first kappa shape index (κ1) is 13.3. The Morgan fingerprint density at radius 2 is 1.95 bits per heavy atom. The van der Waals surface area contributed by atoms with Crippen LogP contribution in [0, 0.1) is 18.6 Å². The molecule has 2 nitrogen and oxygen atoms in total. The molecular weight excluding hydrogens is 248 g/mol. The Balaban J connectivity index is 1.82. The summed E-state index contributed by atoms with van der Waals surface area (Å²) in [7, 11) is 0. The summed E-state index contributed by atoms with van der Waals surface area (Å²) in [6.07, 6.45) is 0. The molecule has 0 aliphatic carbocycles. The molecule has 2 aromatic carbocycles. The highest BCUT2D eigenvalue weighted by Gasteiger charge is 2.04. The lowest BCUT2D eigenvalue weighted by Gasteiger charge is -2.09. The van der Waals surface area contributed by atoms with Crippen LogP contribution in [-0.2, 0) is 0 Å². The van der Waals surface area contributed by atoms with E-state index in [0.29, 0.717) is 6.54 Å². The third kappa shape index (κ3) is 3.95. The molecule has 1 N–H and O–H groups in total. The zero-order valence-electron chi connectivity index (χ0n) is 10.6. The lowest BCUT2D eigenvalue weighted by molar-refractivity contribution is 0.313. The summed E-state index contributed by atoms with van der Waals surface area (Å²) in [5.41, 5.74) is 2.13. The van der Waals surface area contributed by atoms with Crippen molar-refractivity contribution in [3.05, 3.63) is 59.7 Å². The Bertz CT molecular complexity index is 558. The Kier molecular flexibility index (Phi) is 4.34. The lowest BCUT2D eigenvalue weighted by Crippen LogP contribution is -2.12. The highest BCUT2D eigenvalue weighted by molar-refractivity contribution is 5.45. The maximum absolute atomic E-state index is 13.3. The van der Waals surface area contributed by atoms with Gasteiger partial charge in [0.05, 0.1) is 0 Å². The summed E-state index contributed by atoms with van der Waals surface area (Å²) in [5, 5.41) is 3.15. The van der Waals surface area contributed by atoms with Gasteiger partial charge in [-0.15, -0.1) is 0 Å². The third-order valence-corrected chi connectivity index (χ3v) is 2.60. The molecule has 100 valence electrons. The van der Waals surface area contributed by atoms with Crippen LogP contribution in [0.5, 0.6) is 5.75 Å². The van der Waals surface area contributed by atoms with E-state index in [1.54, 1.807) is 0 Å². The van der Waals surface area contributed by atoms with Crippen LogP contribution in [0.25, 0.3) is 0 Å². The molecule has 2 aromatic rings. The van der Waals surface area contributed by atoms with E-state index in [4.69, 9.17) is 4.74 Å². The molecule has 2 rings (SSSR count). The molecule has 0 aromatic heterocycles. The standard InChI is InChI=1S/C15H15F2NO/c1-11-3-2-4-13(9-11)18-7-8-19-15-10-12(16)5-6-14(15)17/h2-6,9-10,18H,7-8H2,1H3. The van der Waals surface area contributed by atoms with E-state index in [0.717, 1.165) is 29.4 Å². The maximum atomic E-state index is 13.3. The zero-order valence-corrected chi connectivity index (χ0v) is 10.6. The molecule has 4 heteroatoms. The molecule has 0 atom stereocenters. The Hall–Kier alpha value is -2.10. The van der Waals surface area contributed by atoms with E-state index in [1.165, 1.54) is 0 Å². The summed E-state index contributed by atoms with van der Waals surface area (Å²) >= 11 is 0. The molecule has 0 spiro atoms. The van der Waals surface area contributed by atoms with Gasteiger partial charge in [-0.3, -0.25) is 0 Å². The first-order chi connectivity index (χ1) is 9.15. The van der Waals surface area contributed by atoms with Gasteiger partial charge >= 0.3 is 0 Å². The van der Waals surface area contributed by atoms with Gasteiger partial charge in [0.2, 0.25) is 0 Å². The number of halogens is 2. The number of hydrogen-bond donors (Lipinski definition) is 1. The topological polar surface area (TPSA) is 21.3 Å². The normalized spacial score (nSPS) is 10.3. The van der Waals surface area contributed by atoms with Crippen molar-refractivity contribution in [2.75, 3.05) is 18.5 Å². The minimum absolute atomic E-state index is 0.0638. The average Bonchev–Trinajstić information content (AvgIpc) is 2.39. The van der Waals surface area contributed by atoms with Crippen molar-refractivity contribution in [3.63, 3.8) is 0 Å². The van der Waals surface area contributed by atoms with Gasteiger partial charge < -0.3 is 10.1 Å². The molecule has 0 saturated heterocycles. The van der Waals surface area contributed by atoms with Gasteiger partial charge in [0.1, 0.15) is 12.4 Å². The minimum Gasteiger partial charge on any atom is -0.489 e. The van der Waals surface area contributed by atoms with E-state index >= 15 is 0 Å². The zero-order chi connectivity index (χ0) is 13.7. The molecule has 0 aliphatic heterocycles.